The molecule has 0 aromatic carbocycles. The number of carbonyl (C=O) groups is 1. The fourth-order valence-electron chi connectivity index (χ4n) is 2.19. The van der Waals surface area contributed by atoms with E-state index in [2.05, 4.69) is 12.7 Å². The van der Waals surface area contributed by atoms with Crippen LogP contribution in [0.15, 0.2) is 35.5 Å². The third kappa shape index (κ3) is 2.03. The molecule has 0 unspecified atom stereocenters. The van der Waals surface area contributed by atoms with E-state index >= 15 is 0 Å². The molecule has 2 aliphatic carbocycles. The molecular formula is C13H16O. The summed E-state index contributed by atoms with van der Waals surface area (Å²) in [4.78, 5) is 11.3. The molecule has 0 heterocycles. The highest BCUT2D eigenvalue weighted by Crippen LogP contribution is 2.30. The standard InChI is InChI=1S/C13H16O/c1-10-4-2-5-11(8-10)12-6-3-7-13(14)9-12/h8-9H,1-7H2. The van der Waals surface area contributed by atoms with Crippen LogP contribution >= 0.6 is 0 Å². The van der Waals surface area contributed by atoms with Crippen molar-refractivity contribution in [1.29, 1.82) is 0 Å². The summed E-state index contributed by atoms with van der Waals surface area (Å²) >= 11 is 0. The predicted molar refractivity (Wildman–Crippen MR) is 58.0 cm³/mol. The molecule has 0 aliphatic heterocycles. The minimum atomic E-state index is 0.295. The summed E-state index contributed by atoms with van der Waals surface area (Å²) in [6.07, 6.45) is 10.3. The van der Waals surface area contributed by atoms with E-state index in [4.69, 9.17) is 0 Å². The molecule has 0 radical (unpaired) electrons. The van der Waals surface area contributed by atoms with E-state index in [9.17, 15) is 4.79 Å². The van der Waals surface area contributed by atoms with Crippen molar-refractivity contribution in [2.45, 2.75) is 38.5 Å². The Morgan fingerprint density at radius 1 is 0.929 bits per heavy atom. The first kappa shape index (κ1) is 9.45. The average molecular weight is 188 g/mol. The average Bonchev–Trinajstić information content (AvgIpc) is 2.18. The normalized spacial score (nSPS) is 23.1. The fraction of sp³-hybridized carbons (Fsp3) is 0.462. The van der Waals surface area contributed by atoms with Crippen molar-refractivity contribution in [2.75, 3.05) is 0 Å². The predicted octanol–water partition coefficient (Wildman–Crippen LogP) is 3.33. The van der Waals surface area contributed by atoms with Crippen LogP contribution < -0.4 is 0 Å². The van der Waals surface area contributed by atoms with Crippen LogP contribution in [-0.4, -0.2) is 5.78 Å². The van der Waals surface area contributed by atoms with Gasteiger partial charge in [-0.15, -0.1) is 0 Å². The highest BCUT2D eigenvalue weighted by Gasteiger charge is 2.15. The van der Waals surface area contributed by atoms with E-state index < -0.39 is 0 Å². The van der Waals surface area contributed by atoms with Crippen LogP contribution in [0.1, 0.15) is 38.5 Å². The maximum atomic E-state index is 11.3. The Labute approximate surface area is 85.2 Å². The summed E-state index contributed by atoms with van der Waals surface area (Å²) < 4.78 is 0. The molecule has 1 nitrogen and oxygen atoms in total. The van der Waals surface area contributed by atoms with Gasteiger partial charge < -0.3 is 0 Å². The summed E-state index contributed by atoms with van der Waals surface area (Å²) in [7, 11) is 0. The first-order chi connectivity index (χ1) is 6.75. The SMILES string of the molecule is C=C1C=C(C2=CC(=O)CCC2)CCC1. The minimum absolute atomic E-state index is 0.295. The second-order valence-electron chi connectivity index (χ2n) is 4.17. The van der Waals surface area contributed by atoms with Gasteiger partial charge in [0, 0.05) is 6.42 Å². The highest BCUT2D eigenvalue weighted by atomic mass is 16.1. The zero-order valence-corrected chi connectivity index (χ0v) is 8.51. The second-order valence-corrected chi connectivity index (χ2v) is 4.17. The van der Waals surface area contributed by atoms with Crippen LogP contribution in [-0.2, 0) is 4.79 Å². The Hall–Kier alpha value is -1.11. The van der Waals surface area contributed by atoms with Crippen LogP contribution in [0.25, 0.3) is 0 Å². The lowest BCUT2D eigenvalue weighted by molar-refractivity contribution is -0.115. The lowest BCUT2D eigenvalue weighted by atomic mass is 9.86. The number of hydrogen-bond acceptors (Lipinski definition) is 1. The molecule has 0 bridgehead atoms. The number of rotatable bonds is 1. The van der Waals surface area contributed by atoms with Crippen molar-refractivity contribution < 1.29 is 4.79 Å². The van der Waals surface area contributed by atoms with Crippen molar-refractivity contribution in [2.24, 2.45) is 0 Å². The minimum Gasteiger partial charge on any atom is -0.295 e. The van der Waals surface area contributed by atoms with E-state index in [-0.39, 0.29) is 0 Å². The molecule has 74 valence electrons. The number of ketones is 1. The smallest absolute Gasteiger partial charge is 0.155 e. The Balaban J connectivity index is 2.21. The van der Waals surface area contributed by atoms with Gasteiger partial charge in [0.25, 0.3) is 0 Å². The van der Waals surface area contributed by atoms with Crippen LogP contribution in [0.5, 0.6) is 0 Å². The molecule has 2 aliphatic rings. The second kappa shape index (κ2) is 3.95. The Morgan fingerprint density at radius 3 is 2.21 bits per heavy atom. The van der Waals surface area contributed by atoms with Gasteiger partial charge in [-0.25, -0.2) is 0 Å². The van der Waals surface area contributed by atoms with Crippen molar-refractivity contribution in [3.63, 3.8) is 0 Å². The first-order valence-electron chi connectivity index (χ1n) is 5.38. The molecule has 2 rings (SSSR count). The fourth-order valence-corrected chi connectivity index (χ4v) is 2.19. The summed E-state index contributed by atoms with van der Waals surface area (Å²) in [5.41, 5.74) is 3.83. The van der Waals surface area contributed by atoms with Crippen molar-refractivity contribution in [3.05, 3.63) is 35.5 Å². The monoisotopic (exact) mass is 188 g/mol. The quantitative estimate of drug-likeness (QED) is 0.617. The molecule has 14 heavy (non-hydrogen) atoms. The van der Waals surface area contributed by atoms with Crippen LogP contribution in [0, 0.1) is 0 Å². The molecular weight excluding hydrogens is 172 g/mol. The van der Waals surface area contributed by atoms with E-state index in [0.717, 1.165) is 32.1 Å². The van der Waals surface area contributed by atoms with Crippen LogP contribution in [0.3, 0.4) is 0 Å². The van der Waals surface area contributed by atoms with Gasteiger partial charge in [-0.1, -0.05) is 18.2 Å². The van der Waals surface area contributed by atoms with Crippen molar-refractivity contribution in [3.8, 4) is 0 Å². The van der Waals surface area contributed by atoms with Gasteiger partial charge in [-0.2, -0.15) is 0 Å². The first-order valence-corrected chi connectivity index (χ1v) is 5.38. The molecule has 1 heteroatoms. The van der Waals surface area contributed by atoms with Gasteiger partial charge in [0.1, 0.15) is 0 Å². The van der Waals surface area contributed by atoms with Gasteiger partial charge in [-0.3, -0.25) is 4.79 Å². The molecule has 0 atom stereocenters. The molecule has 0 aromatic heterocycles. The molecule has 0 fully saturated rings. The zero-order chi connectivity index (χ0) is 9.97. The maximum Gasteiger partial charge on any atom is 0.155 e. The summed E-state index contributed by atoms with van der Waals surface area (Å²) in [5.74, 6) is 0.295. The van der Waals surface area contributed by atoms with Gasteiger partial charge in [0.15, 0.2) is 5.78 Å². The Bertz CT molecular complexity index is 297. The zero-order valence-electron chi connectivity index (χ0n) is 8.51. The van der Waals surface area contributed by atoms with Gasteiger partial charge in [0.05, 0.1) is 0 Å². The molecule has 0 saturated heterocycles. The van der Waals surface area contributed by atoms with Crippen LogP contribution in [0.4, 0.5) is 0 Å². The molecule has 0 aromatic rings. The molecule has 0 spiro atoms. The van der Waals surface area contributed by atoms with Crippen molar-refractivity contribution in [1.82, 2.24) is 0 Å². The molecule has 0 saturated carbocycles. The molecule has 0 amide bonds. The Morgan fingerprint density at radius 2 is 1.57 bits per heavy atom. The summed E-state index contributed by atoms with van der Waals surface area (Å²) in [6, 6.07) is 0. The van der Waals surface area contributed by atoms with E-state index in [0.29, 0.717) is 5.78 Å². The van der Waals surface area contributed by atoms with E-state index in [1.807, 2.05) is 6.08 Å². The maximum absolute atomic E-state index is 11.3. The van der Waals surface area contributed by atoms with Gasteiger partial charge >= 0.3 is 0 Å². The molecule has 0 N–H and O–H groups in total. The number of hydrogen-bond donors (Lipinski definition) is 0. The lowest BCUT2D eigenvalue weighted by Crippen LogP contribution is -2.06. The van der Waals surface area contributed by atoms with E-state index in [1.165, 1.54) is 23.1 Å². The topological polar surface area (TPSA) is 17.1 Å². The third-order valence-electron chi connectivity index (χ3n) is 2.94. The van der Waals surface area contributed by atoms with Crippen LogP contribution in [0.2, 0.25) is 0 Å². The highest BCUT2D eigenvalue weighted by molar-refractivity contribution is 5.92. The number of allylic oxidation sites excluding steroid dienone is 5. The van der Waals surface area contributed by atoms with Crippen molar-refractivity contribution >= 4 is 5.78 Å². The number of carbonyl (C=O) groups excluding carboxylic acids is 1. The van der Waals surface area contributed by atoms with Gasteiger partial charge in [-0.05, 0) is 49.3 Å². The summed E-state index contributed by atoms with van der Waals surface area (Å²) in [6.45, 7) is 3.99. The lowest BCUT2D eigenvalue weighted by Gasteiger charge is -2.19. The van der Waals surface area contributed by atoms with Gasteiger partial charge in [0.2, 0.25) is 0 Å². The summed E-state index contributed by atoms with van der Waals surface area (Å²) in [5, 5.41) is 0. The van der Waals surface area contributed by atoms with E-state index in [1.54, 1.807) is 0 Å². The largest absolute Gasteiger partial charge is 0.295 e. The Kier molecular flexibility index (Phi) is 2.67. The third-order valence-corrected chi connectivity index (χ3v) is 2.94.